The van der Waals surface area contributed by atoms with Crippen molar-refractivity contribution in [2.75, 3.05) is 13.2 Å². The van der Waals surface area contributed by atoms with Gasteiger partial charge in [-0.2, -0.15) is 0 Å². The molecule has 1 saturated heterocycles. The molecule has 0 spiro atoms. The van der Waals surface area contributed by atoms with Gasteiger partial charge < -0.3 is 5.11 Å². The number of carbonyl (C=O) groups excluding carboxylic acids is 2. The predicted octanol–water partition coefficient (Wildman–Crippen LogP) is 1.43. The molecule has 16 heavy (non-hydrogen) atoms. The Morgan fingerprint density at radius 2 is 2.00 bits per heavy atom. The molecule has 0 radical (unpaired) electrons. The van der Waals surface area contributed by atoms with E-state index >= 15 is 0 Å². The third kappa shape index (κ3) is 3.30. The van der Waals surface area contributed by atoms with Gasteiger partial charge in [0.2, 0.25) is 11.8 Å². The van der Waals surface area contributed by atoms with Gasteiger partial charge in [-0.1, -0.05) is 34.1 Å². The Balaban J connectivity index is 0.00000106. The normalized spacial score (nSPS) is 21.8. The van der Waals surface area contributed by atoms with E-state index in [0.29, 0.717) is 6.42 Å². The highest BCUT2D eigenvalue weighted by Crippen LogP contribution is 2.27. The van der Waals surface area contributed by atoms with Gasteiger partial charge in [-0.05, 0) is 5.92 Å². The fourth-order valence-corrected chi connectivity index (χ4v) is 1.77. The van der Waals surface area contributed by atoms with Crippen molar-refractivity contribution in [3.8, 4) is 0 Å². The molecule has 2 atom stereocenters. The van der Waals surface area contributed by atoms with Crippen LogP contribution in [0.15, 0.2) is 0 Å². The van der Waals surface area contributed by atoms with E-state index in [0.717, 1.165) is 6.42 Å². The van der Waals surface area contributed by atoms with E-state index in [2.05, 4.69) is 0 Å². The topological polar surface area (TPSA) is 57.6 Å². The van der Waals surface area contributed by atoms with Crippen molar-refractivity contribution in [3.05, 3.63) is 0 Å². The molecule has 2 unspecified atom stereocenters. The summed E-state index contributed by atoms with van der Waals surface area (Å²) in [7, 11) is 0. The largest absolute Gasteiger partial charge is 0.395 e. The van der Waals surface area contributed by atoms with Crippen LogP contribution in [-0.4, -0.2) is 35.0 Å². The van der Waals surface area contributed by atoms with Gasteiger partial charge in [0, 0.05) is 12.3 Å². The molecule has 1 rings (SSSR count). The van der Waals surface area contributed by atoms with Crippen LogP contribution in [0, 0.1) is 11.8 Å². The molecule has 1 N–H and O–H groups in total. The van der Waals surface area contributed by atoms with Gasteiger partial charge >= 0.3 is 0 Å². The minimum Gasteiger partial charge on any atom is -0.395 e. The van der Waals surface area contributed by atoms with Crippen molar-refractivity contribution in [2.45, 2.75) is 40.5 Å². The third-order valence-corrected chi connectivity index (χ3v) is 2.93. The van der Waals surface area contributed by atoms with Crippen molar-refractivity contribution in [1.29, 1.82) is 0 Å². The van der Waals surface area contributed by atoms with Gasteiger partial charge in [0.15, 0.2) is 0 Å². The maximum absolute atomic E-state index is 11.7. The number of nitrogens with zero attached hydrogens (tertiary/aromatic N) is 1. The first kappa shape index (κ1) is 15.1. The second-order valence-electron chi connectivity index (χ2n) is 3.80. The van der Waals surface area contributed by atoms with E-state index in [9.17, 15) is 9.59 Å². The number of aliphatic hydroxyl groups is 1. The second kappa shape index (κ2) is 7.39. The molecule has 4 nitrogen and oxygen atoms in total. The molecule has 1 fully saturated rings. The summed E-state index contributed by atoms with van der Waals surface area (Å²) in [5, 5.41) is 8.70. The van der Waals surface area contributed by atoms with Crippen LogP contribution in [-0.2, 0) is 9.59 Å². The van der Waals surface area contributed by atoms with Crippen molar-refractivity contribution in [1.82, 2.24) is 4.90 Å². The van der Waals surface area contributed by atoms with Crippen molar-refractivity contribution in [2.24, 2.45) is 11.8 Å². The van der Waals surface area contributed by atoms with Gasteiger partial charge in [-0.25, -0.2) is 0 Å². The van der Waals surface area contributed by atoms with Crippen molar-refractivity contribution in [3.63, 3.8) is 0 Å². The number of amides is 2. The number of carbonyl (C=O) groups is 2. The number of hydrogen-bond donors (Lipinski definition) is 1. The average molecular weight is 229 g/mol. The smallest absolute Gasteiger partial charge is 0.233 e. The summed E-state index contributed by atoms with van der Waals surface area (Å²) in [5.74, 6) is -0.179. The number of aliphatic hydroxyl groups excluding tert-OH is 1. The van der Waals surface area contributed by atoms with E-state index in [1.807, 2.05) is 27.7 Å². The molecular formula is C12H23NO3. The fraction of sp³-hybridized carbons (Fsp3) is 0.833. The first-order chi connectivity index (χ1) is 7.61. The highest BCUT2D eigenvalue weighted by molar-refractivity contribution is 6.03. The van der Waals surface area contributed by atoms with E-state index in [-0.39, 0.29) is 36.8 Å². The highest BCUT2D eigenvalue weighted by Gasteiger charge is 2.40. The first-order valence-corrected chi connectivity index (χ1v) is 6.06. The van der Waals surface area contributed by atoms with Crippen LogP contribution in [0.4, 0.5) is 0 Å². The standard InChI is InChI=1S/C10H17NO3.C2H6/c1-3-7(2)8-6-9(13)11(4-5-12)10(8)14;1-2/h7-8,12H,3-6H2,1-2H3;1-2H3. The summed E-state index contributed by atoms with van der Waals surface area (Å²) < 4.78 is 0. The lowest BCUT2D eigenvalue weighted by molar-refractivity contribution is -0.140. The minimum absolute atomic E-state index is 0.113. The maximum Gasteiger partial charge on any atom is 0.233 e. The van der Waals surface area contributed by atoms with Crippen LogP contribution in [0.3, 0.4) is 0 Å². The molecule has 1 aliphatic rings. The molecule has 94 valence electrons. The Labute approximate surface area is 97.6 Å². The molecule has 4 heteroatoms. The SMILES string of the molecule is CC.CCC(C)C1CC(=O)N(CCO)C1=O. The maximum atomic E-state index is 11.7. The number of β-amino-alcohol motifs (C(OH)–C–C–N with tert-alkyl or cyclic N) is 1. The zero-order chi connectivity index (χ0) is 12.7. The Hall–Kier alpha value is -0.900. The fourth-order valence-electron chi connectivity index (χ4n) is 1.77. The molecule has 1 heterocycles. The van der Waals surface area contributed by atoms with E-state index < -0.39 is 0 Å². The molecule has 0 aromatic rings. The average Bonchev–Trinajstić information content (AvgIpc) is 2.59. The van der Waals surface area contributed by atoms with Crippen LogP contribution in [0.25, 0.3) is 0 Å². The highest BCUT2D eigenvalue weighted by atomic mass is 16.3. The molecule has 0 saturated carbocycles. The number of likely N-dealkylation sites (tertiary alicyclic amines) is 1. The van der Waals surface area contributed by atoms with Gasteiger partial charge in [0.1, 0.15) is 0 Å². The molecule has 0 bridgehead atoms. The van der Waals surface area contributed by atoms with E-state index in [1.54, 1.807) is 0 Å². The summed E-state index contributed by atoms with van der Waals surface area (Å²) in [4.78, 5) is 24.3. The van der Waals surface area contributed by atoms with Crippen LogP contribution in [0.2, 0.25) is 0 Å². The number of hydrogen-bond acceptors (Lipinski definition) is 3. The third-order valence-electron chi connectivity index (χ3n) is 2.93. The molecule has 0 aliphatic carbocycles. The summed E-state index contributed by atoms with van der Waals surface area (Å²) in [6.07, 6.45) is 1.21. The minimum atomic E-state index is -0.168. The van der Waals surface area contributed by atoms with Gasteiger partial charge in [0.25, 0.3) is 0 Å². The van der Waals surface area contributed by atoms with Gasteiger partial charge in [-0.15, -0.1) is 0 Å². The quantitative estimate of drug-likeness (QED) is 0.742. The van der Waals surface area contributed by atoms with Crippen molar-refractivity contribution >= 4 is 11.8 Å². The van der Waals surface area contributed by atoms with Crippen LogP contribution in [0.5, 0.6) is 0 Å². The summed E-state index contributed by atoms with van der Waals surface area (Å²) in [6, 6.07) is 0. The van der Waals surface area contributed by atoms with Crippen LogP contribution < -0.4 is 0 Å². The zero-order valence-electron chi connectivity index (χ0n) is 10.7. The first-order valence-electron chi connectivity index (χ1n) is 6.06. The Morgan fingerprint density at radius 1 is 1.44 bits per heavy atom. The zero-order valence-corrected chi connectivity index (χ0v) is 10.7. The Kier molecular flexibility index (Phi) is 6.97. The lowest BCUT2D eigenvalue weighted by Crippen LogP contribution is -2.34. The molecule has 0 aromatic carbocycles. The van der Waals surface area contributed by atoms with Crippen molar-refractivity contribution < 1.29 is 14.7 Å². The Bertz CT molecular complexity index is 240. The lowest BCUT2D eigenvalue weighted by Gasteiger charge is -2.16. The van der Waals surface area contributed by atoms with E-state index in [1.165, 1.54) is 4.90 Å². The summed E-state index contributed by atoms with van der Waals surface area (Å²) in [5.41, 5.74) is 0. The van der Waals surface area contributed by atoms with Crippen LogP contribution >= 0.6 is 0 Å². The van der Waals surface area contributed by atoms with Gasteiger partial charge in [0.05, 0.1) is 13.2 Å². The van der Waals surface area contributed by atoms with Gasteiger partial charge in [-0.3, -0.25) is 14.5 Å². The lowest BCUT2D eigenvalue weighted by atomic mass is 9.90. The molecular weight excluding hydrogens is 206 g/mol. The monoisotopic (exact) mass is 229 g/mol. The summed E-state index contributed by atoms with van der Waals surface area (Å²) in [6.45, 7) is 7.99. The molecule has 2 amide bonds. The molecule has 0 aromatic heterocycles. The second-order valence-corrected chi connectivity index (χ2v) is 3.80. The molecule has 1 aliphatic heterocycles. The van der Waals surface area contributed by atoms with Crippen LogP contribution in [0.1, 0.15) is 40.5 Å². The number of imide groups is 1. The summed E-state index contributed by atoms with van der Waals surface area (Å²) >= 11 is 0. The Morgan fingerprint density at radius 3 is 2.44 bits per heavy atom. The van der Waals surface area contributed by atoms with E-state index in [4.69, 9.17) is 5.11 Å². The predicted molar refractivity (Wildman–Crippen MR) is 62.7 cm³/mol. The number of rotatable bonds is 4.